The fourth-order valence-corrected chi connectivity index (χ4v) is 3.93. The average molecular weight is 408 g/mol. The Kier molecular flexibility index (Phi) is 4.30. The molecule has 3 aromatic rings. The lowest BCUT2D eigenvalue weighted by Gasteiger charge is -2.21. The lowest BCUT2D eigenvalue weighted by molar-refractivity contribution is -0.119. The zero-order valence-corrected chi connectivity index (χ0v) is 16.4. The first kappa shape index (κ1) is 18.4. The van der Waals surface area contributed by atoms with Crippen LogP contribution < -0.4 is 14.8 Å². The van der Waals surface area contributed by atoms with Gasteiger partial charge in [0.1, 0.15) is 5.56 Å². The van der Waals surface area contributed by atoms with Crippen LogP contribution in [0.5, 0.6) is 11.5 Å². The molecule has 2 aliphatic rings. The number of esters is 1. The van der Waals surface area contributed by atoms with E-state index in [0.29, 0.717) is 28.5 Å². The molecule has 1 aromatic carbocycles. The molecule has 1 saturated carbocycles. The minimum absolute atomic E-state index is 0.244. The Bertz CT molecular complexity index is 1150. The lowest BCUT2D eigenvalue weighted by Crippen LogP contribution is -2.34. The molecule has 1 fully saturated rings. The van der Waals surface area contributed by atoms with E-state index in [4.69, 9.17) is 14.2 Å². The second-order valence-electron chi connectivity index (χ2n) is 7.46. The quantitative estimate of drug-likeness (QED) is 0.662. The molecule has 30 heavy (non-hydrogen) atoms. The summed E-state index contributed by atoms with van der Waals surface area (Å²) in [5.74, 6) is -0.372. The topological polar surface area (TPSA) is 104 Å². The molecule has 5 rings (SSSR count). The molecule has 0 unspecified atom stereocenters. The van der Waals surface area contributed by atoms with Crippen LogP contribution in [0.2, 0.25) is 0 Å². The molecule has 154 valence electrons. The predicted octanol–water partition coefficient (Wildman–Crippen LogP) is 2.87. The number of nitrogens with one attached hydrogen (secondary N) is 1. The molecule has 0 bridgehead atoms. The first-order valence-electron chi connectivity index (χ1n) is 9.82. The molecule has 0 saturated heterocycles. The normalized spacial score (nSPS) is 16.2. The highest BCUT2D eigenvalue weighted by atomic mass is 16.7. The first-order chi connectivity index (χ1) is 14.5. The number of hydrogen-bond acceptors (Lipinski definition) is 7. The standard InChI is InChI=1S/C21H20N4O5/c1-13-18(19-22-9-4-10-25(19)24-13)20(27)28-12-17(26)23-14-5-6-15-16(11-14)30-21(29-15)7-2-3-8-21/h4-6,9-11H,2-3,7-8,12H2,1H3,(H,23,26). The van der Waals surface area contributed by atoms with Crippen LogP contribution in [0.15, 0.2) is 36.7 Å². The zero-order chi connectivity index (χ0) is 20.7. The fraction of sp³-hybridized carbons (Fsp3) is 0.333. The highest BCUT2D eigenvalue weighted by Gasteiger charge is 2.44. The van der Waals surface area contributed by atoms with Crippen LogP contribution in [0, 0.1) is 6.92 Å². The maximum Gasteiger partial charge on any atom is 0.344 e. The van der Waals surface area contributed by atoms with Gasteiger partial charge in [0.05, 0.1) is 5.69 Å². The minimum atomic E-state index is -0.648. The van der Waals surface area contributed by atoms with Gasteiger partial charge in [0.25, 0.3) is 11.7 Å². The molecule has 1 aliphatic heterocycles. The van der Waals surface area contributed by atoms with Crippen molar-refractivity contribution in [3.8, 4) is 11.5 Å². The number of aryl methyl sites for hydroxylation is 1. The van der Waals surface area contributed by atoms with Crippen LogP contribution in [0.25, 0.3) is 5.65 Å². The van der Waals surface area contributed by atoms with Gasteiger partial charge in [-0.15, -0.1) is 0 Å². The molecule has 3 heterocycles. The largest absolute Gasteiger partial charge is 0.452 e. The molecule has 9 nitrogen and oxygen atoms in total. The Labute approximate surface area is 172 Å². The number of anilines is 1. The molecule has 1 N–H and O–H groups in total. The molecule has 1 spiro atoms. The van der Waals surface area contributed by atoms with Gasteiger partial charge in [0, 0.05) is 37.0 Å². The summed E-state index contributed by atoms with van der Waals surface area (Å²) in [5.41, 5.74) is 1.66. The Morgan fingerprint density at radius 3 is 2.87 bits per heavy atom. The van der Waals surface area contributed by atoms with Crippen LogP contribution in [-0.2, 0) is 9.53 Å². The number of hydrogen-bond donors (Lipinski definition) is 1. The van der Waals surface area contributed by atoms with Gasteiger partial charge >= 0.3 is 5.97 Å². The van der Waals surface area contributed by atoms with Crippen LogP contribution in [0.1, 0.15) is 41.7 Å². The van der Waals surface area contributed by atoms with Gasteiger partial charge in [-0.05, 0) is 38.0 Å². The molecule has 1 amide bonds. The van der Waals surface area contributed by atoms with Crippen LogP contribution in [0.3, 0.4) is 0 Å². The number of fused-ring (bicyclic) bond motifs is 2. The van der Waals surface area contributed by atoms with Crippen molar-refractivity contribution in [2.75, 3.05) is 11.9 Å². The second-order valence-corrected chi connectivity index (χ2v) is 7.46. The molecule has 2 aromatic heterocycles. The second kappa shape index (κ2) is 7.01. The van der Waals surface area contributed by atoms with E-state index in [1.807, 2.05) is 0 Å². The van der Waals surface area contributed by atoms with E-state index in [1.54, 1.807) is 43.6 Å². The maximum absolute atomic E-state index is 12.5. The number of benzene rings is 1. The van der Waals surface area contributed by atoms with Crippen molar-refractivity contribution in [3.05, 3.63) is 47.9 Å². The minimum Gasteiger partial charge on any atom is -0.452 e. The summed E-state index contributed by atoms with van der Waals surface area (Å²) in [4.78, 5) is 28.9. The van der Waals surface area contributed by atoms with Crippen molar-refractivity contribution in [1.29, 1.82) is 0 Å². The predicted molar refractivity (Wildman–Crippen MR) is 106 cm³/mol. The third kappa shape index (κ3) is 3.22. The Morgan fingerprint density at radius 1 is 1.23 bits per heavy atom. The summed E-state index contributed by atoms with van der Waals surface area (Å²) < 4.78 is 18.6. The summed E-state index contributed by atoms with van der Waals surface area (Å²) in [6.45, 7) is 1.26. The highest BCUT2D eigenvalue weighted by Crippen LogP contribution is 2.47. The van der Waals surface area contributed by atoms with E-state index < -0.39 is 24.3 Å². The first-order valence-corrected chi connectivity index (χ1v) is 9.82. The SMILES string of the molecule is Cc1nn2cccnc2c1C(=O)OCC(=O)Nc1ccc2c(c1)OC1(CCCC1)O2. The van der Waals surface area contributed by atoms with Crippen LogP contribution in [-0.4, -0.2) is 38.9 Å². The number of aromatic nitrogens is 3. The summed E-state index contributed by atoms with van der Waals surface area (Å²) in [5, 5.41) is 6.93. The number of amides is 1. The van der Waals surface area contributed by atoms with Crippen molar-refractivity contribution in [2.24, 2.45) is 0 Å². The number of ether oxygens (including phenoxy) is 3. The molecular weight excluding hydrogens is 388 g/mol. The smallest absolute Gasteiger partial charge is 0.344 e. The summed E-state index contributed by atoms with van der Waals surface area (Å²) >= 11 is 0. The van der Waals surface area contributed by atoms with E-state index in [-0.39, 0.29) is 5.56 Å². The maximum atomic E-state index is 12.5. The monoisotopic (exact) mass is 408 g/mol. The Morgan fingerprint density at radius 2 is 2.03 bits per heavy atom. The fourth-order valence-electron chi connectivity index (χ4n) is 3.93. The summed E-state index contributed by atoms with van der Waals surface area (Å²) in [6.07, 6.45) is 7.12. The lowest BCUT2D eigenvalue weighted by atomic mass is 10.2. The molecule has 0 atom stereocenters. The Hall–Kier alpha value is -3.62. The van der Waals surface area contributed by atoms with Crippen molar-refractivity contribution in [3.63, 3.8) is 0 Å². The van der Waals surface area contributed by atoms with E-state index in [1.165, 1.54) is 4.52 Å². The van der Waals surface area contributed by atoms with Crippen molar-refractivity contribution in [1.82, 2.24) is 14.6 Å². The third-order valence-electron chi connectivity index (χ3n) is 5.29. The summed E-state index contributed by atoms with van der Waals surface area (Å²) in [7, 11) is 0. The number of rotatable bonds is 4. The van der Waals surface area contributed by atoms with Crippen molar-refractivity contribution >= 4 is 23.2 Å². The van der Waals surface area contributed by atoms with Gasteiger partial charge in [0.2, 0.25) is 0 Å². The van der Waals surface area contributed by atoms with Gasteiger partial charge in [-0.25, -0.2) is 14.3 Å². The number of carbonyl (C=O) groups excluding carboxylic acids is 2. The number of carbonyl (C=O) groups is 2. The molecule has 1 aliphatic carbocycles. The average Bonchev–Trinajstić information content (AvgIpc) is 3.42. The Balaban J connectivity index is 1.22. The summed E-state index contributed by atoms with van der Waals surface area (Å²) in [6, 6.07) is 6.94. The zero-order valence-electron chi connectivity index (χ0n) is 16.4. The van der Waals surface area contributed by atoms with E-state index >= 15 is 0 Å². The van der Waals surface area contributed by atoms with Gasteiger partial charge in [-0.2, -0.15) is 5.10 Å². The molecular formula is C21H20N4O5. The molecule has 0 radical (unpaired) electrons. The van der Waals surface area contributed by atoms with Crippen LogP contribution >= 0.6 is 0 Å². The van der Waals surface area contributed by atoms with Crippen molar-refractivity contribution < 1.29 is 23.8 Å². The van der Waals surface area contributed by atoms with Crippen molar-refractivity contribution in [2.45, 2.75) is 38.4 Å². The van der Waals surface area contributed by atoms with Crippen LogP contribution in [0.4, 0.5) is 5.69 Å². The van der Waals surface area contributed by atoms with Gasteiger partial charge < -0.3 is 19.5 Å². The van der Waals surface area contributed by atoms with E-state index in [0.717, 1.165) is 25.7 Å². The number of nitrogens with zero attached hydrogens (tertiary/aromatic N) is 3. The highest BCUT2D eigenvalue weighted by molar-refractivity contribution is 5.99. The van der Waals surface area contributed by atoms with Gasteiger partial charge in [-0.3, -0.25) is 4.79 Å². The third-order valence-corrected chi connectivity index (χ3v) is 5.29. The van der Waals surface area contributed by atoms with E-state index in [2.05, 4.69) is 15.4 Å². The van der Waals surface area contributed by atoms with Gasteiger partial charge in [0.15, 0.2) is 23.8 Å². The van der Waals surface area contributed by atoms with E-state index in [9.17, 15) is 9.59 Å². The molecule has 9 heteroatoms. The van der Waals surface area contributed by atoms with Gasteiger partial charge in [-0.1, -0.05) is 0 Å².